The third-order valence-electron chi connectivity index (χ3n) is 3.02. The molecule has 102 valence electrons. The Labute approximate surface area is 117 Å². The van der Waals surface area contributed by atoms with Gasteiger partial charge in [0, 0.05) is 0 Å². The van der Waals surface area contributed by atoms with Crippen molar-refractivity contribution in [3.05, 3.63) is 22.4 Å². The summed E-state index contributed by atoms with van der Waals surface area (Å²) in [7, 11) is 0. The van der Waals surface area contributed by atoms with E-state index >= 15 is 0 Å². The molecule has 2 N–H and O–H groups in total. The molecule has 0 saturated heterocycles. The summed E-state index contributed by atoms with van der Waals surface area (Å²) in [4.78, 5) is 24.0. The number of rotatable bonds is 6. The summed E-state index contributed by atoms with van der Waals surface area (Å²) >= 11 is 1.33. The predicted molar refractivity (Wildman–Crippen MR) is 76.9 cm³/mol. The number of hydrogen-bond acceptors (Lipinski definition) is 3. The predicted octanol–water partition coefficient (Wildman–Crippen LogP) is 1.79. The van der Waals surface area contributed by atoms with Crippen LogP contribution in [0.3, 0.4) is 0 Å². The zero-order valence-corrected chi connectivity index (χ0v) is 12.0. The summed E-state index contributed by atoms with van der Waals surface area (Å²) < 4.78 is 0. The molecule has 0 aliphatic heterocycles. The number of carbonyl (C=O) groups is 2. The number of thiophene rings is 1. The van der Waals surface area contributed by atoms with Gasteiger partial charge in [-0.3, -0.25) is 9.59 Å². The molecule has 1 heterocycles. The van der Waals surface area contributed by atoms with E-state index in [1.165, 1.54) is 11.3 Å². The van der Waals surface area contributed by atoms with Crippen LogP contribution >= 0.6 is 11.3 Å². The van der Waals surface area contributed by atoms with Crippen LogP contribution in [0.4, 0.5) is 0 Å². The Kier molecular flexibility index (Phi) is 5.58. The smallest absolute Gasteiger partial charge is 0.261 e. The van der Waals surface area contributed by atoms with Gasteiger partial charge in [0.1, 0.15) is 5.54 Å². The molecule has 0 radical (unpaired) electrons. The van der Waals surface area contributed by atoms with Crippen LogP contribution in [-0.2, 0) is 4.79 Å². The highest BCUT2D eigenvalue weighted by molar-refractivity contribution is 7.12. The molecule has 0 atom stereocenters. The Morgan fingerprint density at radius 2 is 2.11 bits per heavy atom. The number of nitrogens with one attached hydrogen (secondary N) is 2. The van der Waals surface area contributed by atoms with E-state index in [9.17, 15) is 9.59 Å². The van der Waals surface area contributed by atoms with Gasteiger partial charge in [-0.25, -0.2) is 0 Å². The van der Waals surface area contributed by atoms with Crippen LogP contribution in [0.1, 0.15) is 36.4 Å². The highest BCUT2D eigenvalue weighted by Crippen LogP contribution is 2.13. The third-order valence-corrected chi connectivity index (χ3v) is 3.89. The maximum Gasteiger partial charge on any atom is 0.261 e. The minimum absolute atomic E-state index is 0.0693. The second kappa shape index (κ2) is 6.95. The second-order valence-electron chi connectivity index (χ2n) is 4.14. The minimum Gasteiger partial charge on any atom is -0.342 e. The van der Waals surface area contributed by atoms with E-state index in [1.807, 2.05) is 19.2 Å². The molecule has 2 amide bonds. The quantitative estimate of drug-likeness (QED) is 0.779. The fraction of sp³-hybridized carbons (Fsp3) is 0.429. The Morgan fingerprint density at radius 1 is 1.42 bits per heavy atom. The first-order valence-corrected chi connectivity index (χ1v) is 7.05. The molecule has 0 aliphatic carbocycles. The van der Waals surface area contributed by atoms with Crippen molar-refractivity contribution in [1.82, 2.24) is 10.6 Å². The molecule has 0 bridgehead atoms. The highest BCUT2D eigenvalue weighted by Gasteiger charge is 2.25. The van der Waals surface area contributed by atoms with E-state index < -0.39 is 5.54 Å². The minimum atomic E-state index is -0.620. The van der Waals surface area contributed by atoms with E-state index in [0.29, 0.717) is 17.7 Å². The van der Waals surface area contributed by atoms with E-state index in [1.54, 1.807) is 12.1 Å². The average molecular weight is 278 g/mol. The molecule has 0 aromatic carbocycles. The van der Waals surface area contributed by atoms with Crippen LogP contribution < -0.4 is 10.6 Å². The highest BCUT2D eigenvalue weighted by atomic mass is 32.1. The fourth-order valence-corrected chi connectivity index (χ4v) is 2.27. The van der Waals surface area contributed by atoms with Crippen molar-refractivity contribution >= 4 is 23.2 Å². The summed E-state index contributed by atoms with van der Waals surface area (Å²) in [5, 5.41) is 7.18. The standard InChI is InChI=1S/C14H18N2O2S/c1-4-14(5-2,6-3)16-12(17)10-15-13(18)11-8-7-9-19-11/h1,7-9H,5-6,10H2,2-3H3,(H,15,18)(H,16,17). The molecule has 0 fully saturated rings. The van der Waals surface area contributed by atoms with Gasteiger partial charge < -0.3 is 10.6 Å². The lowest BCUT2D eigenvalue weighted by atomic mass is 9.94. The zero-order valence-electron chi connectivity index (χ0n) is 11.2. The lowest BCUT2D eigenvalue weighted by molar-refractivity contribution is -0.121. The zero-order chi connectivity index (χ0) is 14.3. The molecular weight excluding hydrogens is 260 g/mol. The van der Waals surface area contributed by atoms with Crippen LogP contribution in [0.25, 0.3) is 0 Å². The summed E-state index contributed by atoms with van der Waals surface area (Å²) in [5.41, 5.74) is -0.620. The van der Waals surface area contributed by atoms with Gasteiger partial charge in [0.25, 0.3) is 5.91 Å². The Hall–Kier alpha value is -1.80. The molecule has 0 saturated carbocycles. The molecule has 5 heteroatoms. The van der Waals surface area contributed by atoms with Gasteiger partial charge in [0.15, 0.2) is 0 Å². The number of amides is 2. The summed E-state index contributed by atoms with van der Waals surface area (Å²) in [5.74, 6) is 2.10. The van der Waals surface area contributed by atoms with Crippen molar-refractivity contribution in [3.63, 3.8) is 0 Å². The van der Waals surface area contributed by atoms with Gasteiger partial charge in [0.05, 0.1) is 11.4 Å². The molecular formula is C14H18N2O2S. The van der Waals surface area contributed by atoms with Crippen molar-refractivity contribution < 1.29 is 9.59 Å². The first-order chi connectivity index (χ1) is 9.06. The largest absolute Gasteiger partial charge is 0.342 e. The maximum atomic E-state index is 11.8. The maximum absolute atomic E-state index is 11.8. The molecule has 1 aromatic rings. The summed E-state index contributed by atoms with van der Waals surface area (Å²) in [6.45, 7) is 3.78. The topological polar surface area (TPSA) is 58.2 Å². The Balaban J connectivity index is 2.48. The summed E-state index contributed by atoms with van der Waals surface area (Å²) in [6, 6.07) is 3.50. The van der Waals surface area contributed by atoms with E-state index in [0.717, 1.165) is 0 Å². The van der Waals surface area contributed by atoms with E-state index in [2.05, 4.69) is 16.6 Å². The number of terminal acetylenes is 1. The fourth-order valence-electron chi connectivity index (χ4n) is 1.63. The molecule has 1 aromatic heterocycles. The van der Waals surface area contributed by atoms with Gasteiger partial charge in [-0.05, 0) is 24.3 Å². The number of carbonyl (C=O) groups excluding carboxylic acids is 2. The molecule has 19 heavy (non-hydrogen) atoms. The van der Waals surface area contributed by atoms with Crippen molar-refractivity contribution in [1.29, 1.82) is 0 Å². The SMILES string of the molecule is C#CC(CC)(CC)NC(=O)CNC(=O)c1cccs1. The van der Waals surface area contributed by atoms with Crippen LogP contribution in [0.5, 0.6) is 0 Å². The lowest BCUT2D eigenvalue weighted by Crippen LogP contribution is -2.49. The third kappa shape index (κ3) is 4.11. The second-order valence-corrected chi connectivity index (χ2v) is 5.09. The molecule has 0 aliphatic rings. The monoisotopic (exact) mass is 278 g/mol. The van der Waals surface area contributed by atoms with Crippen molar-refractivity contribution in [2.45, 2.75) is 32.2 Å². The summed E-state index contributed by atoms with van der Waals surface area (Å²) in [6.07, 6.45) is 6.77. The molecule has 4 nitrogen and oxygen atoms in total. The van der Waals surface area contributed by atoms with Crippen LogP contribution in [-0.4, -0.2) is 23.9 Å². The lowest BCUT2D eigenvalue weighted by Gasteiger charge is -2.27. The van der Waals surface area contributed by atoms with Gasteiger partial charge in [-0.15, -0.1) is 17.8 Å². The van der Waals surface area contributed by atoms with E-state index in [-0.39, 0.29) is 18.4 Å². The normalized spacial score (nSPS) is 10.6. The van der Waals surface area contributed by atoms with Gasteiger partial charge in [0.2, 0.25) is 5.91 Å². The number of hydrogen-bond donors (Lipinski definition) is 2. The molecule has 0 spiro atoms. The van der Waals surface area contributed by atoms with Crippen molar-refractivity contribution in [3.8, 4) is 12.3 Å². The van der Waals surface area contributed by atoms with Crippen molar-refractivity contribution in [2.24, 2.45) is 0 Å². The van der Waals surface area contributed by atoms with Crippen LogP contribution in [0, 0.1) is 12.3 Å². The van der Waals surface area contributed by atoms with Gasteiger partial charge >= 0.3 is 0 Å². The van der Waals surface area contributed by atoms with Crippen LogP contribution in [0.15, 0.2) is 17.5 Å². The Morgan fingerprint density at radius 3 is 2.58 bits per heavy atom. The first kappa shape index (κ1) is 15.3. The van der Waals surface area contributed by atoms with Gasteiger partial charge in [-0.2, -0.15) is 0 Å². The van der Waals surface area contributed by atoms with Crippen molar-refractivity contribution in [2.75, 3.05) is 6.54 Å². The molecule has 1 rings (SSSR count). The first-order valence-electron chi connectivity index (χ1n) is 6.17. The average Bonchev–Trinajstić information content (AvgIpc) is 2.96. The Bertz CT molecular complexity index is 470. The van der Waals surface area contributed by atoms with Gasteiger partial charge in [-0.1, -0.05) is 25.8 Å². The van der Waals surface area contributed by atoms with E-state index in [4.69, 9.17) is 6.42 Å². The van der Waals surface area contributed by atoms with Crippen LogP contribution in [0.2, 0.25) is 0 Å². The molecule has 0 unspecified atom stereocenters.